The molecule has 1 aromatic rings. The minimum absolute atomic E-state index is 0.171. The highest BCUT2D eigenvalue weighted by Crippen LogP contribution is 2.34. The molecule has 4 heteroatoms. The summed E-state index contributed by atoms with van der Waals surface area (Å²) < 4.78 is 13.1. The van der Waals surface area contributed by atoms with Crippen molar-refractivity contribution in [2.24, 2.45) is 0 Å². The standard InChI is InChI=1S/C9H8FNOS/c10-7-3-1-2-5-6(4-13)9(12)11-8(5)7/h1-3,6,13H,4H2,(H,11,12). The van der Waals surface area contributed by atoms with Gasteiger partial charge in [0.15, 0.2) is 0 Å². The van der Waals surface area contributed by atoms with Crippen LogP contribution in [0.15, 0.2) is 18.2 Å². The molecule has 0 aromatic heterocycles. The van der Waals surface area contributed by atoms with E-state index in [4.69, 9.17) is 0 Å². The number of halogens is 1. The lowest BCUT2D eigenvalue weighted by molar-refractivity contribution is -0.116. The second kappa shape index (κ2) is 3.03. The summed E-state index contributed by atoms with van der Waals surface area (Å²) >= 11 is 4.05. The molecule has 68 valence electrons. The van der Waals surface area contributed by atoms with Crippen molar-refractivity contribution in [1.29, 1.82) is 0 Å². The number of nitrogens with one attached hydrogen (secondary N) is 1. The Hall–Kier alpha value is -1.03. The highest BCUT2D eigenvalue weighted by Gasteiger charge is 2.30. The van der Waals surface area contributed by atoms with E-state index in [-0.39, 0.29) is 17.6 Å². The largest absolute Gasteiger partial charge is 0.323 e. The number of fused-ring (bicyclic) bond motifs is 1. The highest BCUT2D eigenvalue weighted by atomic mass is 32.1. The molecule has 2 nitrogen and oxygen atoms in total. The molecule has 1 aliphatic rings. The molecule has 1 unspecified atom stereocenters. The Balaban J connectivity index is 2.54. The first-order valence-electron chi connectivity index (χ1n) is 3.94. The fraction of sp³-hybridized carbons (Fsp3) is 0.222. The molecule has 1 amide bonds. The van der Waals surface area contributed by atoms with Gasteiger partial charge in [0.2, 0.25) is 5.91 Å². The Morgan fingerprint density at radius 3 is 3.00 bits per heavy atom. The van der Waals surface area contributed by atoms with Crippen molar-refractivity contribution in [2.75, 3.05) is 11.1 Å². The number of carbonyl (C=O) groups excluding carboxylic acids is 1. The maximum Gasteiger partial charge on any atom is 0.232 e. The molecule has 0 radical (unpaired) electrons. The Labute approximate surface area is 80.6 Å². The van der Waals surface area contributed by atoms with Crippen molar-refractivity contribution in [3.05, 3.63) is 29.6 Å². The van der Waals surface area contributed by atoms with Gasteiger partial charge in [0.25, 0.3) is 0 Å². The maximum atomic E-state index is 13.1. The van der Waals surface area contributed by atoms with Gasteiger partial charge in [0.1, 0.15) is 5.82 Å². The van der Waals surface area contributed by atoms with Crippen molar-refractivity contribution in [3.63, 3.8) is 0 Å². The van der Waals surface area contributed by atoms with E-state index in [2.05, 4.69) is 17.9 Å². The van der Waals surface area contributed by atoms with Crippen LogP contribution in [-0.4, -0.2) is 11.7 Å². The summed E-state index contributed by atoms with van der Waals surface area (Å²) in [6.07, 6.45) is 0. The normalized spacial score (nSPS) is 19.8. The summed E-state index contributed by atoms with van der Waals surface area (Å²) in [5, 5.41) is 2.50. The van der Waals surface area contributed by atoms with Crippen molar-refractivity contribution in [2.45, 2.75) is 5.92 Å². The van der Waals surface area contributed by atoms with Gasteiger partial charge >= 0.3 is 0 Å². The van der Waals surface area contributed by atoms with Crippen LogP contribution in [0.3, 0.4) is 0 Å². The number of rotatable bonds is 1. The lowest BCUT2D eigenvalue weighted by atomic mass is 10.0. The summed E-state index contributed by atoms with van der Waals surface area (Å²) in [6, 6.07) is 4.68. The van der Waals surface area contributed by atoms with Gasteiger partial charge in [-0.25, -0.2) is 4.39 Å². The number of hydrogen-bond donors (Lipinski definition) is 2. The Bertz CT molecular complexity index is 367. The number of thiol groups is 1. The van der Waals surface area contributed by atoms with Gasteiger partial charge < -0.3 is 5.32 Å². The molecule has 1 N–H and O–H groups in total. The van der Waals surface area contributed by atoms with Crippen LogP contribution in [0, 0.1) is 5.82 Å². The Kier molecular flexibility index (Phi) is 2.00. The van der Waals surface area contributed by atoms with Crippen LogP contribution >= 0.6 is 12.6 Å². The minimum Gasteiger partial charge on any atom is -0.323 e. The fourth-order valence-corrected chi connectivity index (χ4v) is 1.86. The van der Waals surface area contributed by atoms with Gasteiger partial charge in [-0.3, -0.25) is 4.79 Å². The number of hydrogen-bond acceptors (Lipinski definition) is 2. The minimum atomic E-state index is -0.380. The second-order valence-corrected chi connectivity index (χ2v) is 3.29. The topological polar surface area (TPSA) is 29.1 Å². The SMILES string of the molecule is O=C1Nc2c(F)cccc2C1CS. The summed E-state index contributed by atoms with van der Waals surface area (Å²) in [4.78, 5) is 11.3. The van der Waals surface area contributed by atoms with E-state index in [1.165, 1.54) is 6.07 Å². The molecule has 1 heterocycles. The zero-order chi connectivity index (χ0) is 9.42. The first-order chi connectivity index (χ1) is 6.24. The zero-order valence-corrected chi connectivity index (χ0v) is 7.64. The number of para-hydroxylation sites is 1. The number of benzene rings is 1. The van der Waals surface area contributed by atoms with Gasteiger partial charge in [0, 0.05) is 5.75 Å². The van der Waals surface area contributed by atoms with Gasteiger partial charge in [-0.15, -0.1) is 0 Å². The van der Waals surface area contributed by atoms with E-state index in [9.17, 15) is 9.18 Å². The maximum absolute atomic E-state index is 13.1. The quantitative estimate of drug-likeness (QED) is 0.660. The fourth-order valence-electron chi connectivity index (χ4n) is 1.50. The van der Waals surface area contributed by atoms with E-state index in [0.29, 0.717) is 17.0 Å². The predicted octanol–water partition coefficient (Wildman–Crippen LogP) is 1.79. The van der Waals surface area contributed by atoms with Crippen molar-refractivity contribution >= 4 is 24.2 Å². The molecule has 1 atom stereocenters. The van der Waals surface area contributed by atoms with Gasteiger partial charge in [-0.1, -0.05) is 12.1 Å². The second-order valence-electron chi connectivity index (χ2n) is 2.93. The van der Waals surface area contributed by atoms with E-state index in [1.54, 1.807) is 12.1 Å². The van der Waals surface area contributed by atoms with Gasteiger partial charge in [0.05, 0.1) is 11.6 Å². The summed E-state index contributed by atoms with van der Waals surface area (Å²) in [7, 11) is 0. The van der Waals surface area contributed by atoms with E-state index < -0.39 is 0 Å². The van der Waals surface area contributed by atoms with Crippen LogP contribution < -0.4 is 5.32 Å². The van der Waals surface area contributed by atoms with Crippen LogP contribution in [0.4, 0.5) is 10.1 Å². The third-order valence-electron chi connectivity index (χ3n) is 2.17. The molecule has 0 bridgehead atoms. The van der Waals surface area contributed by atoms with Crippen molar-refractivity contribution in [1.82, 2.24) is 0 Å². The van der Waals surface area contributed by atoms with E-state index >= 15 is 0 Å². The van der Waals surface area contributed by atoms with Crippen LogP contribution in [0.2, 0.25) is 0 Å². The molecule has 13 heavy (non-hydrogen) atoms. The van der Waals surface area contributed by atoms with E-state index in [0.717, 1.165) is 0 Å². The lowest BCUT2D eigenvalue weighted by Gasteiger charge is -2.02. The average Bonchev–Trinajstić information content (AvgIpc) is 2.43. The van der Waals surface area contributed by atoms with Crippen molar-refractivity contribution < 1.29 is 9.18 Å². The zero-order valence-electron chi connectivity index (χ0n) is 6.75. The molecule has 0 saturated carbocycles. The van der Waals surface area contributed by atoms with Crippen LogP contribution in [0.25, 0.3) is 0 Å². The monoisotopic (exact) mass is 197 g/mol. The van der Waals surface area contributed by atoms with Crippen LogP contribution in [0.5, 0.6) is 0 Å². The van der Waals surface area contributed by atoms with Crippen LogP contribution in [-0.2, 0) is 4.79 Å². The number of carbonyl (C=O) groups is 1. The molecule has 0 spiro atoms. The first-order valence-corrected chi connectivity index (χ1v) is 4.57. The van der Waals surface area contributed by atoms with Crippen molar-refractivity contribution in [3.8, 4) is 0 Å². The van der Waals surface area contributed by atoms with Gasteiger partial charge in [-0.05, 0) is 11.6 Å². The molecule has 1 aliphatic heterocycles. The molecule has 0 saturated heterocycles. The molecule has 1 aromatic carbocycles. The summed E-state index contributed by atoms with van der Waals surface area (Å²) in [6.45, 7) is 0. The van der Waals surface area contributed by atoms with Gasteiger partial charge in [-0.2, -0.15) is 12.6 Å². The average molecular weight is 197 g/mol. The third kappa shape index (κ3) is 1.21. The first kappa shape index (κ1) is 8.56. The number of anilines is 1. The molecular weight excluding hydrogens is 189 g/mol. The Morgan fingerprint density at radius 2 is 2.31 bits per heavy atom. The molecule has 2 rings (SSSR count). The highest BCUT2D eigenvalue weighted by molar-refractivity contribution is 7.80. The molecule has 0 aliphatic carbocycles. The molecular formula is C9H8FNOS. The molecule has 0 fully saturated rings. The predicted molar refractivity (Wildman–Crippen MR) is 51.6 cm³/mol. The lowest BCUT2D eigenvalue weighted by Crippen LogP contribution is -2.13. The smallest absolute Gasteiger partial charge is 0.232 e. The Morgan fingerprint density at radius 1 is 1.54 bits per heavy atom. The number of amides is 1. The van der Waals surface area contributed by atoms with E-state index in [1.807, 2.05) is 0 Å². The summed E-state index contributed by atoms with van der Waals surface area (Å²) in [5.74, 6) is -0.457. The van der Waals surface area contributed by atoms with Crippen LogP contribution in [0.1, 0.15) is 11.5 Å². The third-order valence-corrected chi connectivity index (χ3v) is 2.53. The summed E-state index contributed by atoms with van der Waals surface area (Å²) in [5.41, 5.74) is 1.02.